The quantitative estimate of drug-likeness (QED) is 0.625. The summed E-state index contributed by atoms with van der Waals surface area (Å²) in [7, 11) is 0. The molecule has 130 valence electrons. The molecule has 6 nitrogen and oxygen atoms in total. The molecular weight excluding hydrogens is 318 g/mol. The highest BCUT2D eigenvalue weighted by molar-refractivity contribution is 5.92. The van der Waals surface area contributed by atoms with Crippen molar-refractivity contribution in [3.05, 3.63) is 70.3 Å². The summed E-state index contributed by atoms with van der Waals surface area (Å²) in [6.07, 6.45) is 2.23. The Hall–Kier alpha value is -2.89. The van der Waals surface area contributed by atoms with Crippen LogP contribution in [-0.4, -0.2) is 21.9 Å². The van der Waals surface area contributed by atoms with Crippen molar-refractivity contribution in [1.29, 1.82) is 0 Å². The average molecular weight is 339 g/mol. The Bertz CT molecular complexity index is 760. The van der Waals surface area contributed by atoms with Gasteiger partial charge in [0.1, 0.15) is 5.69 Å². The molecule has 1 saturated carbocycles. The zero-order valence-electron chi connectivity index (χ0n) is 14.1. The number of nitro groups is 1. The van der Waals surface area contributed by atoms with Gasteiger partial charge in [0, 0.05) is 18.7 Å². The topological polar surface area (TPSA) is 75.5 Å². The first-order valence-electron chi connectivity index (χ1n) is 8.41. The number of carbonyl (C=O) groups excluding carboxylic acids is 1. The number of anilines is 1. The van der Waals surface area contributed by atoms with E-state index in [2.05, 4.69) is 5.32 Å². The van der Waals surface area contributed by atoms with Gasteiger partial charge in [-0.1, -0.05) is 42.5 Å². The first kappa shape index (κ1) is 17.0. The summed E-state index contributed by atoms with van der Waals surface area (Å²) in [5.74, 6) is 0.500. The third-order valence-electron chi connectivity index (χ3n) is 4.59. The average Bonchev–Trinajstić information content (AvgIpc) is 3.45. The number of hydrogen-bond acceptors (Lipinski definition) is 3. The highest BCUT2D eigenvalue weighted by Crippen LogP contribution is 2.36. The van der Waals surface area contributed by atoms with Crippen molar-refractivity contribution in [2.75, 3.05) is 5.32 Å². The third kappa shape index (κ3) is 4.15. The van der Waals surface area contributed by atoms with Crippen molar-refractivity contribution in [2.24, 2.45) is 5.92 Å². The molecule has 1 atom stereocenters. The fourth-order valence-corrected chi connectivity index (χ4v) is 2.94. The van der Waals surface area contributed by atoms with E-state index in [0.29, 0.717) is 12.5 Å². The van der Waals surface area contributed by atoms with Crippen LogP contribution in [0.5, 0.6) is 0 Å². The lowest BCUT2D eigenvalue weighted by atomic mass is 10.1. The van der Waals surface area contributed by atoms with Gasteiger partial charge in [0.05, 0.1) is 4.92 Å². The van der Waals surface area contributed by atoms with E-state index in [4.69, 9.17) is 0 Å². The lowest BCUT2D eigenvalue weighted by Gasteiger charge is -2.29. The molecule has 0 saturated heterocycles. The van der Waals surface area contributed by atoms with Crippen LogP contribution in [0.1, 0.15) is 25.3 Å². The Morgan fingerprint density at radius 3 is 2.48 bits per heavy atom. The SMILES string of the molecule is C[C@H](C1CC1)N(Cc1ccccc1)C(=O)Nc1ccccc1[N+](=O)[O-]. The summed E-state index contributed by atoms with van der Waals surface area (Å²) >= 11 is 0. The van der Waals surface area contributed by atoms with Gasteiger partial charge in [-0.05, 0) is 37.3 Å². The highest BCUT2D eigenvalue weighted by Gasteiger charge is 2.34. The minimum atomic E-state index is -0.485. The minimum absolute atomic E-state index is 0.0861. The van der Waals surface area contributed by atoms with Crippen LogP contribution in [0.2, 0.25) is 0 Å². The number of hydrogen-bond donors (Lipinski definition) is 1. The minimum Gasteiger partial charge on any atom is -0.317 e. The lowest BCUT2D eigenvalue weighted by molar-refractivity contribution is -0.383. The van der Waals surface area contributed by atoms with Gasteiger partial charge >= 0.3 is 6.03 Å². The van der Waals surface area contributed by atoms with E-state index in [1.165, 1.54) is 6.07 Å². The Balaban J connectivity index is 1.80. The maximum absolute atomic E-state index is 12.9. The molecule has 1 fully saturated rings. The number of amides is 2. The second kappa shape index (κ2) is 7.34. The maximum atomic E-state index is 12.9. The molecule has 2 aromatic rings. The van der Waals surface area contributed by atoms with Crippen molar-refractivity contribution in [3.63, 3.8) is 0 Å². The Morgan fingerprint density at radius 2 is 1.84 bits per heavy atom. The van der Waals surface area contributed by atoms with Gasteiger partial charge in [-0.2, -0.15) is 0 Å². The van der Waals surface area contributed by atoms with Crippen molar-refractivity contribution in [2.45, 2.75) is 32.4 Å². The van der Waals surface area contributed by atoms with Crippen LogP contribution in [0, 0.1) is 16.0 Å². The molecule has 0 heterocycles. The third-order valence-corrected chi connectivity index (χ3v) is 4.59. The summed E-state index contributed by atoms with van der Waals surface area (Å²) in [5.41, 5.74) is 1.15. The Morgan fingerprint density at radius 1 is 1.20 bits per heavy atom. The van der Waals surface area contributed by atoms with Crippen LogP contribution in [0.4, 0.5) is 16.2 Å². The molecule has 0 radical (unpaired) electrons. The van der Waals surface area contributed by atoms with E-state index in [-0.39, 0.29) is 23.4 Å². The normalized spacial score (nSPS) is 14.6. The number of nitro benzene ring substituents is 1. The molecule has 0 spiro atoms. The zero-order valence-corrected chi connectivity index (χ0v) is 14.1. The number of rotatable bonds is 6. The monoisotopic (exact) mass is 339 g/mol. The molecule has 1 N–H and O–H groups in total. The summed E-state index contributed by atoms with van der Waals surface area (Å²) in [5, 5.41) is 13.9. The predicted molar refractivity (Wildman–Crippen MR) is 96.3 cm³/mol. The molecule has 25 heavy (non-hydrogen) atoms. The number of nitrogens with one attached hydrogen (secondary N) is 1. The standard InChI is InChI=1S/C19H21N3O3/c1-14(16-11-12-16)21(13-15-7-3-2-4-8-15)19(23)20-17-9-5-6-10-18(17)22(24)25/h2-10,14,16H,11-13H2,1H3,(H,20,23)/t14-/m1/s1. The molecule has 0 bridgehead atoms. The fourth-order valence-electron chi connectivity index (χ4n) is 2.94. The number of benzene rings is 2. The lowest BCUT2D eigenvalue weighted by Crippen LogP contribution is -2.42. The van der Waals surface area contributed by atoms with Gasteiger partial charge < -0.3 is 10.2 Å². The predicted octanol–water partition coefficient (Wildman–Crippen LogP) is 4.43. The highest BCUT2D eigenvalue weighted by atomic mass is 16.6. The van der Waals surface area contributed by atoms with Crippen LogP contribution in [0.15, 0.2) is 54.6 Å². The van der Waals surface area contributed by atoms with Crippen molar-refractivity contribution >= 4 is 17.4 Å². The second-order valence-corrected chi connectivity index (χ2v) is 6.40. The van der Waals surface area contributed by atoms with Crippen LogP contribution < -0.4 is 5.32 Å². The van der Waals surface area contributed by atoms with Crippen LogP contribution in [-0.2, 0) is 6.54 Å². The Labute approximate surface area is 146 Å². The smallest absolute Gasteiger partial charge is 0.317 e. The van der Waals surface area contributed by atoms with E-state index in [1.54, 1.807) is 23.1 Å². The van der Waals surface area contributed by atoms with E-state index >= 15 is 0 Å². The molecule has 1 aliphatic rings. The largest absolute Gasteiger partial charge is 0.322 e. The number of urea groups is 1. The second-order valence-electron chi connectivity index (χ2n) is 6.40. The van der Waals surface area contributed by atoms with Crippen molar-refractivity contribution in [3.8, 4) is 0 Å². The molecule has 6 heteroatoms. The van der Waals surface area contributed by atoms with Gasteiger partial charge in [0.25, 0.3) is 5.69 Å². The molecule has 0 unspecified atom stereocenters. The molecule has 2 amide bonds. The van der Waals surface area contributed by atoms with Crippen LogP contribution in [0.3, 0.4) is 0 Å². The van der Waals surface area contributed by atoms with Crippen molar-refractivity contribution in [1.82, 2.24) is 4.90 Å². The summed E-state index contributed by atoms with van der Waals surface area (Å²) in [6.45, 7) is 2.52. The molecule has 1 aliphatic carbocycles. The van der Waals surface area contributed by atoms with Crippen molar-refractivity contribution < 1.29 is 9.72 Å². The van der Waals surface area contributed by atoms with E-state index in [1.807, 2.05) is 37.3 Å². The molecule has 3 rings (SSSR count). The van der Waals surface area contributed by atoms with Gasteiger partial charge in [-0.3, -0.25) is 10.1 Å². The van der Waals surface area contributed by atoms with Crippen LogP contribution in [0.25, 0.3) is 0 Å². The van der Waals surface area contributed by atoms with Gasteiger partial charge in [-0.25, -0.2) is 4.79 Å². The van der Waals surface area contributed by atoms with Gasteiger partial charge in [0.15, 0.2) is 0 Å². The maximum Gasteiger partial charge on any atom is 0.322 e. The molecule has 2 aromatic carbocycles. The first-order chi connectivity index (χ1) is 12.1. The fraction of sp³-hybridized carbons (Fsp3) is 0.316. The first-order valence-corrected chi connectivity index (χ1v) is 8.41. The molecular formula is C19H21N3O3. The van der Waals surface area contributed by atoms with E-state index in [0.717, 1.165) is 18.4 Å². The summed E-state index contributed by atoms with van der Waals surface area (Å²) < 4.78 is 0. The summed E-state index contributed by atoms with van der Waals surface area (Å²) in [4.78, 5) is 25.3. The van der Waals surface area contributed by atoms with Crippen LogP contribution >= 0.6 is 0 Å². The van der Waals surface area contributed by atoms with Gasteiger partial charge in [-0.15, -0.1) is 0 Å². The number of nitrogens with zero attached hydrogens (tertiary/aromatic N) is 2. The van der Waals surface area contributed by atoms with E-state index < -0.39 is 4.92 Å². The Kier molecular flexibility index (Phi) is 4.97. The number of para-hydroxylation sites is 2. The number of carbonyl (C=O) groups is 1. The zero-order chi connectivity index (χ0) is 17.8. The molecule has 0 aliphatic heterocycles. The van der Waals surface area contributed by atoms with Gasteiger partial charge in [0.2, 0.25) is 0 Å². The molecule has 0 aromatic heterocycles. The summed E-state index contributed by atoms with van der Waals surface area (Å²) in [6, 6.07) is 15.8. The van der Waals surface area contributed by atoms with E-state index in [9.17, 15) is 14.9 Å².